The molecule has 1 unspecified atom stereocenters. The summed E-state index contributed by atoms with van der Waals surface area (Å²) >= 11 is 8.38. The van der Waals surface area contributed by atoms with Crippen molar-refractivity contribution in [3.63, 3.8) is 0 Å². The van der Waals surface area contributed by atoms with Gasteiger partial charge in [0.05, 0.1) is 16.8 Å². The van der Waals surface area contributed by atoms with Crippen LogP contribution in [-0.2, 0) is 6.42 Å². The zero-order chi connectivity index (χ0) is 14.7. The molecule has 2 aromatic rings. The van der Waals surface area contributed by atoms with Crippen LogP contribution in [0.25, 0.3) is 0 Å². The van der Waals surface area contributed by atoms with E-state index in [1.165, 1.54) is 0 Å². The van der Waals surface area contributed by atoms with E-state index in [1.807, 2.05) is 35.1 Å². The molecule has 1 heterocycles. The average molecular weight is 405 g/mol. The first kappa shape index (κ1) is 15.8. The summed E-state index contributed by atoms with van der Waals surface area (Å²) < 4.78 is 2.98. The van der Waals surface area contributed by atoms with Gasteiger partial charge in [-0.2, -0.15) is 5.10 Å². The van der Waals surface area contributed by atoms with Crippen LogP contribution < -0.4 is 11.3 Å². The molecule has 0 aliphatic rings. The third-order valence-electron chi connectivity index (χ3n) is 3.15. The van der Waals surface area contributed by atoms with Crippen LogP contribution >= 0.6 is 34.2 Å². The van der Waals surface area contributed by atoms with Gasteiger partial charge >= 0.3 is 0 Å². The van der Waals surface area contributed by atoms with Crippen LogP contribution in [0.5, 0.6) is 0 Å². The number of halogens is 2. The molecule has 1 atom stereocenters. The van der Waals surface area contributed by atoms with Gasteiger partial charge in [0, 0.05) is 22.2 Å². The van der Waals surface area contributed by atoms with Crippen molar-refractivity contribution < 1.29 is 0 Å². The minimum absolute atomic E-state index is 0.0000113. The Hall–Kier alpha value is -0.630. The summed E-state index contributed by atoms with van der Waals surface area (Å²) in [5, 5.41) is 5.30. The van der Waals surface area contributed by atoms with Crippen molar-refractivity contribution in [3.8, 4) is 0 Å². The zero-order valence-electron chi connectivity index (χ0n) is 11.5. The molecule has 0 aliphatic heterocycles. The number of nitrogens with one attached hydrogen (secondary N) is 1. The second-order valence-corrected chi connectivity index (χ2v) is 6.55. The molecule has 3 N–H and O–H groups in total. The second-order valence-electron chi connectivity index (χ2n) is 4.98. The Bertz CT molecular complexity index is 582. The predicted molar refractivity (Wildman–Crippen MR) is 90.5 cm³/mol. The number of nitrogens with zero attached hydrogens (tertiary/aromatic N) is 2. The molecule has 0 spiro atoms. The molecule has 108 valence electrons. The number of hydrogen-bond donors (Lipinski definition) is 2. The largest absolute Gasteiger partial charge is 0.271 e. The summed E-state index contributed by atoms with van der Waals surface area (Å²) in [4.78, 5) is 0. The highest BCUT2D eigenvalue weighted by molar-refractivity contribution is 14.1. The molecule has 0 fully saturated rings. The van der Waals surface area contributed by atoms with E-state index in [4.69, 9.17) is 17.4 Å². The molecule has 0 aliphatic carbocycles. The highest BCUT2D eigenvalue weighted by Gasteiger charge is 2.14. The minimum atomic E-state index is 0.0000113. The third kappa shape index (κ3) is 3.72. The van der Waals surface area contributed by atoms with E-state index in [2.05, 4.69) is 47.0 Å². The van der Waals surface area contributed by atoms with Crippen molar-refractivity contribution >= 4 is 34.2 Å². The lowest BCUT2D eigenvalue weighted by Crippen LogP contribution is -2.29. The molecule has 0 amide bonds. The number of hydrazine groups is 1. The lowest BCUT2D eigenvalue weighted by molar-refractivity contribution is 0.507. The fourth-order valence-electron chi connectivity index (χ4n) is 1.99. The Balaban J connectivity index is 2.17. The molecule has 20 heavy (non-hydrogen) atoms. The molecule has 2 rings (SSSR count). The lowest BCUT2D eigenvalue weighted by atomic mass is 10.0. The van der Waals surface area contributed by atoms with Gasteiger partial charge in [-0.15, -0.1) is 0 Å². The maximum atomic E-state index is 6.17. The average Bonchev–Trinajstić information content (AvgIpc) is 2.88. The van der Waals surface area contributed by atoms with Gasteiger partial charge < -0.3 is 0 Å². The van der Waals surface area contributed by atoms with Crippen LogP contribution in [0.3, 0.4) is 0 Å². The summed E-state index contributed by atoms with van der Waals surface area (Å²) in [7, 11) is 0. The van der Waals surface area contributed by atoms with E-state index in [1.54, 1.807) is 0 Å². The molecule has 0 radical (unpaired) electrons. The molecular weight excluding hydrogens is 387 g/mol. The molecule has 4 nitrogen and oxygen atoms in total. The topological polar surface area (TPSA) is 55.9 Å². The zero-order valence-corrected chi connectivity index (χ0v) is 14.4. The van der Waals surface area contributed by atoms with Crippen molar-refractivity contribution in [1.29, 1.82) is 0 Å². The summed E-state index contributed by atoms with van der Waals surface area (Å²) in [6.07, 6.45) is 2.72. The minimum Gasteiger partial charge on any atom is -0.271 e. The summed E-state index contributed by atoms with van der Waals surface area (Å²) in [6.45, 7) is 4.21. The normalized spacial score (nSPS) is 12.9. The Morgan fingerprint density at radius 1 is 1.40 bits per heavy atom. The number of rotatable bonds is 5. The van der Waals surface area contributed by atoms with Crippen molar-refractivity contribution in [2.24, 2.45) is 5.84 Å². The van der Waals surface area contributed by atoms with Crippen molar-refractivity contribution in [1.82, 2.24) is 15.2 Å². The fraction of sp³-hybridized carbons (Fsp3) is 0.357. The van der Waals surface area contributed by atoms with Gasteiger partial charge in [-0.25, -0.2) is 0 Å². The summed E-state index contributed by atoms with van der Waals surface area (Å²) in [5.74, 6) is 5.68. The van der Waals surface area contributed by atoms with E-state index >= 15 is 0 Å². The predicted octanol–water partition coefficient (Wildman–Crippen LogP) is 3.47. The highest BCUT2D eigenvalue weighted by Crippen LogP contribution is 2.24. The molecule has 6 heteroatoms. The Morgan fingerprint density at radius 2 is 2.15 bits per heavy atom. The number of aromatic nitrogens is 2. The molecule has 0 bridgehead atoms. The van der Waals surface area contributed by atoms with Gasteiger partial charge in [0.25, 0.3) is 0 Å². The van der Waals surface area contributed by atoms with E-state index in [0.29, 0.717) is 6.04 Å². The Labute approximate surface area is 137 Å². The van der Waals surface area contributed by atoms with Gasteiger partial charge in [-0.3, -0.25) is 16.0 Å². The van der Waals surface area contributed by atoms with E-state index < -0.39 is 0 Å². The van der Waals surface area contributed by atoms with Crippen LogP contribution in [0, 0.1) is 3.57 Å². The van der Waals surface area contributed by atoms with Crippen molar-refractivity contribution in [2.45, 2.75) is 32.4 Å². The smallest absolute Gasteiger partial charge is 0.0644 e. The fourth-order valence-corrected chi connectivity index (χ4v) is 2.51. The third-order valence-corrected chi connectivity index (χ3v) is 4.73. The van der Waals surface area contributed by atoms with Gasteiger partial charge in [-0.05, 0) is 60.2 Å². The lowest BCUT2D eigenvalue weighted by Gasteiger charge is -2.16. The first-order valence-corrected chi connectivity index (χ1v) is 7.92. The number of hydrogen-bond acceptors (Lipinski definition) is 3. The van der Waals surface area contributed by atoms with Gasteiger partial charge in [0.2, 0.25) is 0 Å². The molecule has 1 aromatic heterocycles. The first-order valence-electron chi connectivity index (χ1n) is 6.46. The summed E-state index contributed by atoms with van der Waals surface area (Å²) in [5.41, 5.74) is 4.92. The van der Waals surface area contributed by atoms with Crippen molar-refractivity contribution in [3.05, 3.63) is 50.3 Å². The van der Waals surface area contributed by atoms with Gasteiger partial charge in [-0.1, -0.05) is 17.7 Å². The molecular formula is C14H18ClIN4. The molecule has 0 saturated heterocycles. The number of nitrogens with two attached hydrogens (primary N) is 1. The van der Waals surface area contributed by atoms with E-state index in [0.717, 1.165) is 26.3 Å². The van der Waals surface area contributed by atoms with E-state index in [-0.39, 0.29) is 6.04 Å². The molecule has 0 saturated carbocycles. The maximum absolute atomic E-state index is 6.17. The Morgan fingerprint density at radius 3 is 2.70 bits per heavy atom. The second kappa shape index (κ2) is 6.89. The first-order chi connectivity index (χ1) is 9.51. The van der Waals surface area contributed by atoms with E-state index in [9.17, 15) is 0 Å². The SMILES string of the molecule is CC(C)n1ccc(CC(NN)c2ccc(I)c(Cl)c2)n1. The highest BCUT2D eigenvalue weighted by atomic mass is 127. The van der Waals surface area contributed by atoms with Crippen LogP contribution in [0.4, 0.5) is 0 Å². The quantitative estimate of drug-likeness (QED) is 0.456. The Kier molecular flexibility index (Phi) is 5.42. The van der Waals surface area contributed by atoms with Crippen LogP contribution in [0.15, 0.2) is 30.5 Å². The van der Waals surface area contributed by atoms with Gasteiger partial charge in [0.1, 0.15) is 0 Å². The van der Waals surface area contributed by atoms with Crippen LogP contribution in [0.1, 0.15) is 37.2 Å². The monoisotopic (exact) mass is 404 g/mol. The number of benzene rings is 1. The molecule has 1 aromatic carbocycles. The van der Waals surface area contributed by atoms with Crippen molar-refractivity contribution in [2.75, 3.05) is 0 Å². The standard InChI is InChI=1S/C14H18ClIN4/c1-9(2)20-6-5-11(19-20)8-14(18-17)10-3-4-13(16)12(15)7-10/h3-7,9,14,18H,8,17H2,1-2H3. The summed E-state index contributed by atoms with van der Waals surface area (Å²) in [6, 6.07) is 8.37. The van der Waals surface area contributed by atoms with Gasteiger partial charge in [0.15, 0.2) is 0 Å². The van der Waals surface area contributed by atoms with Crippen LogP contribution in [-0.4, -0.2) is 9.78 Å². The maximum Gasteiger partial charge on any atom is 0.0644 e. The van der Waals surface area contributed by atoms with Crippen LogP contribution in [0.2, 0.25) is 5.02 Å².